The Labute approximate surface area is 275 Å². The molecule has 5 heterocycles. The zero-order valence-corrected chi connectivity index (χ0v) is 26.8. The number of likely N-dealkylation sites (tertiary alicyclic amines) is 2. The van der Waals surface area contributed by atoms with Gasteiger partial charge in [0.05, 0.1) is 22.5 Å². The van der Waals surface area contributed by atoms with Gasteiger partial charge in [-0.15, -0.1) is 0 Å². The second kappa shape index (κ2) is 11.7. The number of amides is 2. The standard InChI is InChI=1S/C35H37F5N6O2/c1-22-30(23(2)46(42-22)29-9-8-28(16-41-29)35(38,39)40)32(48)45-19-25-17-43(18-26(25)20-45)12-10-33(27-6-4-3-5-7-27)11-13-44(21-33)31(47)24-14-34(36,37)15-24/h3-9,16-17,24,26H,10-15,18-21H2,1-2H3. The molecule has 2 saturated heterocycles. The zero-order chi connectivity index (χ0) is 34.0. The number of carbonyl (C=O) groups is 2. The van der Waals surface area contributed by atoms with E-state index < -0.39 is 23.6 Å². The maximum atomic E-state index is 13.7. The molecule has 0 spiro atoms. The highest BCUT2D eigenvalue weighted by molar-refractivity contribution is 5.97. The molecule has 2 aromatic heterocycles. The summed E-state index contributed by atoms with van der Waals surface area (Å²) >= 11 is 0. The summed E-state index contributed by atoms with van der Waals surface area (Å²) in [6, 6.07) is 12.3. The summed E-state index contributed by atoms with van der Waals surface area (Å²) in [6.07, 6.45) is -0.744. The Morgan fingerprint density at radius 3 is 2.40 bits per heavy atom. The summed E-state index contributed by atoms with van der Waals surface area (Å²) in [4.78, 5) is 36.6. The van der Waals surface area contributed by atoms with Crippen LogP contribution >= 0.6 is 0 Å². The van der Waals surface area contributed by atoms with E-state index in [2.05, 4.69) is 33.3 Å². The van der Waals surface area contributed by atoms with Crippen LogP contribution in [-0.2, 0) is 16.4 Å². The third-order valence-electron chi connectivity index (χ3n) is 10.6. The van der Waals surface area contributed by atoms with Gasteiger partial charge in [-0.1, -0.05) is 30.3 Å². The highest BCUT2D eigenvalue weighted by Crippen LogP contribution is 2.46. The largest absolute Gasteiger partial charge is 0.417 e. The van der Waals surface area contributed by atoms with Crippen molar-refractivity contribution >= 4 is 11.8 Å². The van der Waals surface area contributed by atoms with Crippen LogP contribution in [0.5, 0.6) is 0 Å². The minimum Gasteiger partial charge on any atom is -0.377 e. The molecule has 1 saturated carbocycles. The van der Waals surface area contributed by atoms with Gasteiger partial charge < -0.3 is 14.7 Å². The zero-order valence-electron chi connectivity index (χ0n) is 26.8. The Kier molecular flexibility index (Phi) is 7.86. The maximum Gasteiger partial charge on any atom is 0.417 e. The van der Waals surface area contributed by atoms with Crippen molar-refractivity contribution in [2.24, 2.45) is 11.8 Å². The first-order chi connectivity index (χ1) is 22.7. The Hall–Kier alpha value is -4.29. The third kappa shape index (κ3) is 5.85. The fourth-order valence-corrected chi connectivity index (χ4v) is 7.90. The fourth-order valence-electron chi connectivity index (χ4n) is 7.90. The average Bonchev–Trinajstić information content (AvgIpc) is 3.81. The van der Waals surface area contributed by atoms with Gasteiger partial charge in [-0.25, -0.2) is 18.4 Å². The first kappa shape index (κ1) is 32.3. The van der Waals surface area contributed by atoms with Crippen molar-refractivity contribution < 1.29 is 31.5 Å². The van der Waals surface area contributed by atoms with Gasteiger partial charge in [0.25, 0.3) is 5.91 Å². The van der Waals surface area contributed by atoms with Crippen molar-refractivity contribution in [3.8, 4) is 5.82 Å². The predicted molar refractivity (Wildman–Crippen MR) is 166 cm³/mol. The summed E-state index contributed by atoms with van der Waals surface area (Å²) in [7, 11) is 0. The van der Waals surface area contributed by atoms with E-state index in [1.54, 1.807) is 23.6 Å². The lowest BCUT2D eigenvalue weighted by Crippen LogP contribution is -2.47. The molecule has 8 nitrogen and oxygen atoms in total. The van der Waals surface area contributed by atoms with Crippen LogP contribution in [-0.4, -0.2) is 86.5 Å². The van der Waals surface area contributed by atoms with Crippen LogP contribution in [0.2, 0.25) is 0 Å². The number of aryl methyl sites for hydroxylation is 1. The lowest BCUT2D eigenvalue weighted by atomic mass is 9.76. The van der Waals surface area contributed by atoms with Gasteiger partial charge in [0.2, 0.25) is 11.8 Å². The minimum atomic E-state index is -4.50. The number of hydrogen-bond donors (Lipinski definition) is 0. The summed E-state index contributed by atoms with van der Waals surface area (Å²) < 4.78 is 67.5. The minimum absolute atomic E-state index is 0.159. The number of benzene rings is 1. The molecule has 2 unspecified atom stereocenters. The van der Waals surface area contributed by atoms with E-state index in [0.717, 1.165) is 43.8 Å². The molecule has 0 N–H and O–H groups in total. The number of alkyl halides is 5. The Morgan fingerprint density at radius 2 is 1.75 bits per heavy atom. The molecule has 2 amide bonds. The molecule has 2 atom stereocenters. The molecule has 7 rings (SSSR count). The molecule has 0 bridgehead atoms. The van der Waals surface area contributed by atoms with Crippen LogP contribution in [0.4, 0.5) is 22.0 Å². The van der Waals surface area contributed by atoms with Crippen LogP contribution in [0.15, 0.2) is 60.4 Å². The number of carbonyl (C=O) groups excluding carboxylic acids is 2. The van der Waals surface area contributed by atoms with E-state index in [0.29, 0.717) is 43.1 Å². The molecular weight excluding hydrogens is 631 g/mol. The lowest BCUT2D eigenvalue weighted by Gasteiger charge is -2.37. The molecule has 3 fully saturated rings. The molecular formula is C35H37F5N6O2. The number of pyridine rings is 1. The topological polar surface area (TPSA) is 74.6 Å². The number of hydrogen-bond acceptors (Lipinski definition) is 5. The Bertz CT molecular complexity index is 1750. The SMILES string of the molecule is Cc1nn(-c2ccc(C(F)(F)F)cn2)c(C)c1C(=O)N1CC2=CN(CCC3(c4ccccc4)CCN(C(=O)C4CC(F)(F)C4)C3)CC2C1. The van der Waals surface area contributed by atoms with Crippen molar-refractivity contribution in [1.82, 2.24) is 29.5 Å². The van der Waals surface area contributed by atoms with Crippen molar-refractivity contribution in [3.63, 3.8) is 0 Å². The van der Waals surface area contributed by atoms with E-state index >= 15 is 0 Å². The summed E-state index contributed by atoms with van der Waals surface area (Å²) in [5, 5.41) is 4.43. The summed E-state index contributed by atoms with van der Waals surface area (Å²) in [5.41, 5.74) is 2.61. The van der Waals surface area contributed by atoms with E-state index in [9.17, 15) is 31.5 Å². The normalized spacial score (nSPS) is 23.8. The first-order valence-corrected chi connectivity index (χ1v) is 16.3. The monoisotopic (exact) mass is 668 g/mol. The van der Waals surface area contributed by atoms with Crippen LogP contribution in [0.3, 0.4) is 0 Å². The second-order valence-corrected chi connectivity index (χ2v) is 13.8. The van der Waals surface area contributed by atoms with Crippen molar-refractivity contribution in [2.75, 3.05) is 39.3 Å². The fraction of sp³-hybridized carbons (Fsp3) is 0.486. The van der Waals surface area contributed by atoms with E-state index in [1.165, 1.54) is 16.3 Å². The van der Waals surface area contributed by atoms with Crippen LogP contribution in [0, 0.1) is 25.7 Å². The third-order valence-corrected chi connectivity index (χ3v) is 10.6. The molecule has 1 aromatic carbocycles. The molecule has 3 aliphatic heterocycles. The average molecular weight is 669 g/mol. The van der Waals surface area contributed by atoms with Gasteiger partial charge in [0.1, 0.15) is 0 Å². The highest BCUT2D eigenvalue weighted by atomic mass is 19.4. The molecule has 254 valence electrons. The highest BCUT2D eigenvalue weighted by Gasteiger charge is 2.52. The second-order valence-electron chi connectivity index (χ2n) is 13.8. The van der Waals surface area contributed by atoms with Gasteiger partial charge in [-0.05, 0) is 50.0 Å². The molecule has 3 aromatic rings. The maximum absolute atomic E-state index is 13.7. The summed E-state index contributed by atoms with van der Waals surface area (Å²) in [6.45, 7) is 7.03. The van der Waals surface area contributed by atoms with Crippen LogP contribution in [0.25, 0.3) is 5.82 Å². The molecule has 48 heavy (non-hydrogen) atoms. The van der Waals surface area contributed by atoms with Gasteiger partial charge in [-0.2, -0.15) is 18.3 Å². The van der Waals surface area contributed by atoms with Crippen LogP contribution in [0.1, 0.15) is 58.6 Å². The van der Waals surface area contributed by atoms with Gasteiger partial charge >= 0.3 is 6.18 Å². The summed E-state index contributed by atoms with van der Waals surface area (Å²) in [5.74, 6) is -3.28. The predicted octanol–water partition coefficient (Wildman–Crippen LogP) is 5.78. The van der Waals surface area contributed by atoms with Gasteiger partial charge in [-0.3, -0.25) is 9.59 Å². The smallest absolute Gasteiger partial charge is 0.377 e. The molecule has 13 heteroatoms. The van der Waals surface area contributed by atoms with E-state index in [-0.39, 0.29) is 41.8 Å². The number of fused-ring (bicyclic) bond motifs is 1. The molecule has 0 radical (unpaired) electrons. The number of nitrogens with zero attached hydrogens (tertiary/aromatic N) is 6. The van der Waals surface area contributed by atoms with Crippen LogP contribution < -0.4 is 0 Å². The van der Waals surface area contributed by atoms with E-state index in [1.807, 2.05) is 18.2 Å². The lowest BCUT2D eigenvalue weighted by molar-refractivity contribution is -0.159. The van der Waals surface area contributed by atoms with Crippen molar-refractivity contribution in [1.29, 1.82) is 0 Å². The Morgan fingerprint density at radius 1 is 1.00 bits per heavy atom. The Balaban J connectivity index is 1.01. The molecule has 4 aliphatic rings. The first-order valence-electron chi connectivity index (χ1n) is 16.3. The van der Waals surface area contributed by atoms with E-state index in [4.69, 9.17) is 0 Å². The quantitative estimate of drug-likeness (QED) is 0.299. The van der Waals surface area contributed by atoms with Crippen molar-refractivity contribution in [2.45, 2.75) is 57.0 Å². The van der Waals surface area contributed by atoms with Gasteiger partial charge in [0, 0.05) is 81.8 Å². The number of aromatic nitrogens is 3. The number of rotatable bonds is 7. The molecule has 1 aliphatic carbocycles. The number of halogens is 5. The van der Waals surface area contributed by atoms with Gasteiger partial charge in [0.15, 0.2) is 5.82 Å². The van der Waals surface area contributed by atoms with Crippen molar-refractivity contribution in [3.05, 3.63) is 88.5 Å².